The molecule has 2 aromatic rings. The number of benzene rings is 2. The van der Waals surface area contributed by atoms with Gasteiger partial charge in [0.15, 0.2) is 0 Å². The van der Waals surface area contributed by atoms with Crippen molar-refractivity contribution in [2.75, 3.05) is 26.9 Å². The van der Waals surface area contributed by atoms with Gasteiger partial charge < -0.3 is 24.2 Å². The van der Waals surface area contributed by atoms with Crippen LogP contribution < -0.4 is 9.47 Å². The van der Waals surface area contributed by atoms with Crippen LogP contribution in [0.1, 0.15) is 49.9 Å². The molecule has 2 atom stereocenters. The number of ketones is 1. The van der Waals surface area contributed by atoms with Crippen LogP contribution in [0.2, 0.25) is 0 Å². The molecule has 0 spiro atoms. The van der Waals surface area contributed by atoms with Gasteiger partial charge in [-0.3, -0.25) is 9.59 Å². The van der Waals surface area contributed by atoms with Gasteiger partial charge in [-0.15, -0.1) is 0 Å². The molecule has 2 aliphatic heterocycles. The van der Waals surface area contributed by atoms with Crippen molar-refractivity contribution in [2.24, 2.45) is 5.92 Å². The van der Waals surface area contributed by atoms with E-state index in [1.54, 1.807) is 19.2 Å². The van der Waals surface area contributed by atoms with Crippen LogP contribution in [0.25, 0.3) is 5.76 Å². The molecule has 7 heteroatoms. The topological polar surface area (TPSA) is 85.3 Å². The maximum Gasteiger partial charge on any atom is 0.295 e. The van der Waals surface area contributed by atoms with Crippen molar-refractivity contribution in [2.45, 2.75) is 45.8 Å². The highest BCUT2D eigenvalue weighted by molar-refractivity contribution is 6.46. The summed E-state index contributed by atoms with van der Waals surface area (Å²) in [6.45, 7) is 7.31. The van der Waals surface area contributed by atoms with Crippen LogP contribution in [0.4, 0.5) is 0 Å². The molecule has 2 unspecified atom stereocenters. The summed E-state index contributed by atoms with van der Waals surface area (Å²) in [6, 6.07) is 12.0. The Morgan fingerprint density at radius 1 is 1.17 bits per heavy atom. The Hall–Kier alpha value is -3.32. The number of rotatable bonds is 9. The number of nitrogens with zero attached hydrogens (tertiary/aromatic N) is 1. The highest BCUT2D eigenvalue weighted by atomic mass is 16.5. The number of hydrogen-bond acceptors (Lipinski definition) is 6. The Bertz CT molecular complexity index is 1140. The highest BCUT2D eigenvalue weighted by Gasteiger charge is 2.46. The fourth-order valence-electron chi connectivity index (χ4n) is 4.56. The van der Waals surface area contributed by atoms with Crippen LogP contribution >= 0.6 is 0 Å². The smallest absolute Gasteiger partial charge is 0.295 e. The van der Waals surface area contributed by atoms with E-state index in [9.17, 15) is 14.7 Å². The largest absolute Gasteiger partial charge is 0.507 e. The van der Waals surface area contributed by atoms with Gasteiger partial charge >= 0.3 is 0 Å². The zero-order valence-corrected chi connectivity index (χ0v) is 20.7. The number of likely N-dealkylation sites (tertiary alicyclic amines) is 1. The maximum absolute atomic E-state index is 13.2. The molecule has 186 valence electrons. The molecule has 1 amide bonds. The minimum atomic E-state index is -0.748. The molecule has 0 aliphatic carbocycles. The lowest BCUT2D eigenvalue weighted by atomic mass is 9.94. The number of aliphatic hydroxyl groups excluding tert-OH is 1. The van der Waals surface area contributed by atoms with Crippen LogP contribution in [0.15, 0.2) is 48.0 Å². The number of hydrogen-bond donors (Lipinski definition) is 1. The molecular formula is C28H33NO6. The molecule has 2 heterocycles. The Morgan fingerprint density at radius 2 is 1.97 bits per heavy atom. The van der Waals surface area contributed by atoms with Crippen LogP contribution in [0.3, 0.4) is 0 Å². The number of fused-ring (bicyclic) bond motifs is 1. The van der Waals surface area contributed by atoms with E-state index in [0.29, 0.717) is 29.4 Å². The molecule has 1 saturated heterocycles. The van der Waals surface area contributed by atoms with E-state index in [2.05, 4.69) is 13.8 Å². The van der Waals surface area contributed by atoms with Gasteiger partial charge in [-0.25, -0.2) is 0 Å². The van der Waals surface area contributed by atoms with Crippen molar-refractivity contribution < 1.29 is 28.9 Å². The fraction of sp³-hybridized carbons (Fsp3) is 0.429. The van der Waals surface area contributed by atoms with Crippen molar-refractivity contribution in [3.63, 3.8) is 0 Å². The number of amides is 1. The lowest BCUT2D eigenvalue weighted by molar-refractivity contribution is -0.140. The number of carbonyl (C=O) groups excluding carboxylic acids is 2. The van der Waals surface area contributed by atoms with Gasteiger partial charge in [-0.1, -0.05) is 26.0 Å². The van der Waals surface area contributed by atoms with Crippen LogP contribution in [0.5, 0.6) is 11.5 Å². The minimum absolute atomic E-state index is 0.0560. The van der Waals surface area contributed by atoms with Crippen LogP contribution in [0, 0.1) is 5.92 Å². The van der Waals surface area contributed by atoms with Crippen molar-refractivity contribution in [1.82, 2.24) is 4.90 Å². The first-order valence-corrected chi connectivity index (χ1v) is 12.1. The molecule has 2 aromatic carbocycles. The lowest BCUT2D eigenvalue weighted by Crippen LogP contribution is -2.32. The minimum Gasteiger partial charge on any atom is -0.507 e. The molecule has 7 nitrogen and oxygen atoms in total. The molecule has 0 bridgehead atoms. The molecule has 0 saturated carbocycles. The van der Waals surface area contributed by atoms with Crippen LogP contribution in [-0.4, -0.2) is 54.7 Å². The molecule has 1 N–H and O–H groups in total. The molecule has 1 fully saturated rings. The number of aliphatic hydroxyl groups is 1. The summed E-state index contributed by atoms with van der Waals surface area (Å²) in [6.07, 6.45) is 1.69. The normalized spacial score (nSPS) is 20.9. The third-order valence-electron chi connectivity index (χ3n) is 6.38. The van der Waals surface area contributed by atoms with E-state index in [1.165, 1.54) is 4.90 Å². The Labute approximate surface area is 206 Å². The summed E-state index contributed by atoms with van der Waals surface area (Å²) in [4.78, 5) is 27.7. The fourth-order valence-corrected chi connectivity index (χ4v) is 4.56. The second kappa shape index (κ2) is 10.5. The number of ether oxygens (including phenoxy) is 3. The first-order chi connectivity index (χ1) is 16.8. The first kappa shape index (κ1) is 24.8. The standard InChI is InChI=1S/C28H33NO6/c1-17(2)10-12-34-22-7-5-6-19(16-22)25-24(27(31)28(32)29(25)11-13-33-4)26(30)20-8-9-23-21(15-20)14-18(3)35-23/h5-9,15-18,25,30H,10-14H2,1-4H3. The zero-order valence-electron chi connectivity index (χ0n) is 20.7. The van der Waals surface area contributed by atoms with Crippen LogP contribution in [-0.2, 0) is 20.7 Å². The summed E-state index contributed by atoms with van der Waals surface area (Å²) in [5.74, 6) is 0.390. The van der Waals surface area contributed by atoms with E-state index in [0.717, 1.165) is 24.2 Å². The van der Waals surface area contributed by atoms with E-state index in [-0.39, 0.29) is 30.6 Å². The second-order valence-corrected chi connectivity index (χ2v) is 9.54. The molecule has 2 aliphatic rings. The van der Waals surface area contributed by atoms with Crippen molar-refractivity contribution in [1.29, 1.82) is 0 Å². The van der Waals surface area contributed by atoms with Gasteiger partial charge in [0.25, 0.3) is 11.7 Å². The average molecular weight is 480 g/mol. The molecule has 0 radical (unpaired) electrons. The van der Waals surface area contributed by atoms with Crippen molar-refractivity contribution in [3.8, 4) is 11.5 Å². The number of carbonyl (C=O) groups is 2. The number of methoxy groups -OCH3 is 1. The molecule has 35 heavy (non-hydrogen) atoms. The van der Waals surface area contributed by atoms with E-state index in [4.69, 9.17) is 14.2 Å². The average Bonchev–Trinajstić information content (AvgIpc) is 3.32. The highest BCUT2D eigenvalue weighted by Crippen LogP contribution is 2.41. The van der Waals surface area contributed by atoms with Gasteiger partial charge in [-0.05, 0) is 60.7 Å². The summed E-state index contributed by atoms with van der Waals surface area (Å²) in [7, 11) is 1.54. The summed E-state index contributed by atoms with van der Waals surface area (Å²) >= 11 is 0. The molecular weight excluding hydrogens is 446 g/mol. The third kappa shape index (κ3) is 5.20. The predicted molar refractivity (Wildman–Crippen MR) is 133 cm³/mol. The van der Waals surface area contributed by atoms with Gasteiger partial charge in [0.2, 0.25) is 0 Å². The van der Waals surface area contributed by atoms with Gasteiger partial charge in [-0.2, -0.15) is 0 Å². The van der Waals surface area contributed by atoms with Gasteiger partial charge in [0.1, 0.15) is 23.4 Å². The quantitative estimate of drug-likeness (QED) is 0.324. The summed E-state index contributed by atoms with van der Waals surface area (Å²) in [5, 5.41) is 11.3. The van der Waals surface area contributed by atoms with Gasteiger partial charge in [0.05, 0.1) is 24.8 Å². The Balaban J connectivity index is 1.75. The SMILES string of the molecule is COCCN1C(=O)C(=O)C(=C(O)c2ccc3c(c2)CC(C)O3)C1c1cccc(OCCC(C)C)c1. The maximum atomic E-state index is 13.2. The zero-order chi connectivity index (χ0) is 25.1. The summed E-state index contributed by atoms with van der Waals surface area (Å²) in [5.41, 5.74) is 2.21. The molecule has 4 rings (SSSR count). The monoisotopic (exact) mass is 479 g/mol. The Kier molecular flexibility index (Phi) is 7.45. The molecule has 0 aromatic heterocycles. The van der Waals surface area contributed by atoms with Crippen molar-refractivity contribution in [3.05, 3.63) is 64.7 Å². The van der Waals surface area contributed by atoms with E-state index < -0.39 is 17.7 Å². The number of Topliss-reactive ketones (excluding diaryl/α,β-unsaturated/α-hetero) is 1. The summed E-state index contributed by atoms with van der Waals surface area (Å²) < 4.78 is 16.9. The third-order valence-corrected chi connectivity index (χ3v) is 6.38. The first-order valence-electron chi connectivity index (χ1n) is 12.1. The predicted octanol–water partition coefficient (Wildman–Crippen LogP) is 4.50. The van der Waals surface area contributed by atoms with E-state index >= 15 is 0 Å². The second-order valence-electron chi connectivity index (χ2n) is 9.54. The van der Waals surface area contributed by atoms with E-state index in [1.807, 2.05) is 37.3 Å². The lowest BCUT2D eigenvalue weighted by Gasteiger charge is -2.25. The Morgan fingerprint density at radius 3 is 2.71 bits per heavy atom. The van der Waals surface area contributed by atoms with Crippen molar-refractivity contribution >= 4 is 17.4 Å². The van der Waals surface area contributed by atoms with Gasteiger partial charge in [0, 0.05) is 25.6 Å².